The van der Waals surface area contributed by atoms with Gasteiger partial charge in [0.25, 0.3) is 0 Å². The Morgan fingerprint density at radius 3 is 1.71 bits per heavy atom. The summed E-state index contributed by atoms with van der Waals surface area (Å²) in [6, 6.07) is 64.7. The van der Waals surface area contributed by atoms with E-state index >= 15 is 0 Å². The lowest BCUT2D eigenvalue weighted by Crippen LogP contribution is -2.14. The lowest BCUT2D eigenvalue weighted by molar-refractivity contribution is 0.661. The number of benzene rings is 8. The van der Waals surface area contributed by atoms with E-state index in [1.807, 2.05) is 30.3 Å². The van der Waals surface area contributed by atoms with Crippen LogP contribution in [0.4, 0.5) is 0 Å². The summed E-state index contributed by atoms with van der Waals surface area (Å²) < 4.78 is 6.36. The molecule has 0 amide bonds. The number of hydrogen-bond donors (Lipinski definition) is 0. The summed E-state index contributed by atoms with van der Waals surface area (Å²) in [5, 5.41) is 4.81. The summed E-state index contributed by atoms with van der Waals surface area (Å²) in [6.45, 7) is 4.70. The summed E-state index contributed by atoms with van der Waals surface area (Å²) in [5.74, 6) is 0.699. The van der Waals surface area contributed by atoms with Gasteiger partial charge in [0.1, 0.15) is 11.2 Å². The quantitative estimate of drug-likeness (QED) is 0.178. The fourth-order valence-corrected chi connectivity index (χ4v) is 8.79. The van der Waals surface area contributed by atoms with Gasteiger partial charge in [-0.3, -0.25) is 0 Å². The number of para-hydroxylation sites is 2. The van der Waals surface area contributed by atoms with Crippen LogP contribution in [-0.4, -0.2) is 9.97 Å². The highest BCUT2D eigenvalue weighted by Crippen LogP contribution is 2.53. The highest BCUT2D eigenvalue weighted by Gasteiger charge is 2.37. The van der Waals surface area contributed by atoms with Gasteiger partial charge in [0.2, 0.25) is 0 Å². The molecule has 0 saturated carbocycles. The van der Waals surface area contributed by atoms with Gasteiger partial charge in [-0.15, -0.1) is 0 Å². The fourth-order valence-electron chi connectivity index (χ4n) is 8.79. The normalized spacial score (nSPS) is 13.0. The molecule has 264 valence electrons. The van der Waals surface area contributed by atoms with E-state index in [0.717, 1.165) is 61.1 Å². The third kappa shape index (κ3) is 5.12. The molecule has 0 unspecified atom stereocenters. The Bertz CT molecular complexity index is 3140. The van der Waals surface area contributed by atoms with Crippen molar-refractivity contribution < 1.29 is 4.42 Å². The minimum absolute atomic E-state index is 0.0885. The van der Waals surface area contributed by atoms with Crippen LogP contribution in [-0.2, 0) is 5.41 Å². The monoisotopic (exact) mass is 716 g/mol. The van der Waals surface area contributed by atoms with Crippen molar-refractivity contribution in [3.8, 4) is 67.3 Å². The zero-order chi connectivity index (χ0) is 37.4. The van der Waals surface area contributed by atoms with Crippen molar-refractivity contribution in [1.29, 1.82) is 0 Å². The lowest BCUT2D eigenvalue weighted by atomic mass is 9.81. The minimum Gasteiger partial charge on any atom is -0.455 e. The molecule has 3 heteroatoms. The van der Waals surface area contributed by atoms with Crippen molar-refractivity contribution in [3.05, 3.63) is 193 Å². The first-order valence-corrected chi connectivity index (χ1v) is 19.2. The Kier molecular flexibility index (Phi) is 7.20. The second-order valence-corrected chi connectivity index (χ2v) is 15.4. The Balaban J connectivity index is 0.982. The topological polar surface area (TPSA) is 38.9 Å². The number of furan rings is 1. The smallest absolute Gasteiger partial charge is 0.160 e. The van der Waals surface area contributed by atoms with Crippen molar-refractivity contribution >= 4 is 32.7 Å². The maximum atomic E-state index is 6.36. The van der Waals surface area contributed by atoms with Gasteiger partial charge in [-0.25, -0.2) is 9.97 Å². The van der Waals surface area contributed by atoms with Gasteiger partial charge >= 0.3 is 0 Å². The Morgan fingerprint density at radius 2 is 0.982 bits per heavy atom. The van der Waals surface area contributed by atoms with E-state index in [9.17, 15) is 0 Å². The highest BCUT2D eigenvalue weighted by atomic mass is 16.3. The average molecular weight is 717 g/mol. The van der Waals surface area contributed by atoms with Gasteiger partial charge < -0.3 is 4.42 Å². The molecule has 11 rings (SSSR count). The average Bonchev–Trinajstić information content (AvgIpc) is 3.75. The summed E-state index contributed by atoms with van der Waals surface area (Å²) >= 11 is 0. The predicted molar refractivity (Wildman–Crippen MR) is 232 cm³/mol. The zero-order valence-electron chi connectivity index (χ0n) is 31.1. The molecular weight excluding hydrogens is 681 g/mol. The van der Waals surface area contributed by atoms with Gasteiger partial charge in [0, 0.05) is 38.4 Å². The summed E-state index contributed by atoms with van der Waals surface area (Å²) in [6.07, 6.45) is 0. The lowest BCUT2D eigenvalue weighted by Gasteiger charge is -2.22. The Labute approximate surface area is 325 Å². The Hall–Kier alpha value is -7.10. The first-order chi connectivity index (χ1) is 27.5. The fraction of sp³-hybridized carbons (Fsp3) is 0.0566. The molecule has 3 nitrogen and oxygen atoms in total. The van der Waals surface area contributed by atoms with Crippen LogP contribution in [0.5, 0.6) is 0 Å². The largest absolute Gasteiger partial charge is 0.455 e. The predicted octanol–water partition coefficient (Wildman–Crippen LogP) is 14.2. The molecule has 1 aliphatic carbocycles. The summed E-state index contributed by atoms with van der Waals surface area (Å²) in [7, 11) is 0. The van der Waals surface area contributed by atoms with Crippen molar-refractivity contribution in [2.45, 2.75) is 19.3 Å². The van der Waals surface area contributed by atoms with Gasteiger partial charge in [0.05, 0.1) is 11.4 Å². The van der Waals surface area contributed by atoms with Gasteiger partial charge in [-0.05, 0) is 74.0 Å². The van der Waals surface area contributed by atoms with E-state index in [-0.39, 0.29) is 5.41 Å². The SMILES string of the molecule is CC1(C)c2cc3ccccc3cc2-c2c(-c3ccc(-c4cc(-c5ccc(-c6cccc7c6oc6ccccc67)cc5)nc(-c5ccccc5)n4)cc3)cccc21. The maximum absolute atomic E-state index is 6.36. The summed E-state index contributed by atoms with van der Waals surface area (Å²) in [4.78, 5) is 10.2. The van der Waals surface area contributed by atoms with Gasteiger partial charge in [0.15, 0.2) is 5.82 Å². The highest BCUT2D eigenvalue weighted by molar-refractivity contribution is 6.09. The molecule has 0 spiro atoms. The number of rotatable bonds is 5. The van der Waals surface area contributed by atoms with E-state index in [2.05, 4.69) is 166 Å². The van der Waals surface area contributed by atoms with Gasteiger partial charge in [-0.2, -0.15) is 0 Å². The van der Waals surface area contributed by atoms with Crippen LogP contribution >= 0.6 is 0 Å². The van der Waals surface area contributed by atoms with Crippen LogP contribution < -0.4 is 0 Å². The molecular formula is C53H36N2O. The minimum atomic E-state index is -0.0885. The second kappa shape index (κ2) is 12.5. The molecule has 0 aliphatic heterocycles. The molecule has 0 saturated heterocycles. The molecule has 56 heavy (non-hydrogen) atoms. The van der Waals surface area contributed by atoms with E-state index in [0.29, 0.717) is 5.82 Å². The third-order valence-electron chi connectivity index (χ3n) is 11.7. The van der Waals surface area contributed by atoms with Crippen molar-refractivity contribution in [3.63, 3.8) is 0 Å². The van der Waals surface area contributed by atoms with Crippen LogP contribution in [0.1, 0.15) is 25.0 Å². The maximum Gasteiger partial charge on any atom is 0.160 e. The molecule has 0 atom stereocenters. The first-order valence-electron chi connectivity index (χ1n) is 19.2. The number of aromatic nitrogens is 2. The number of nitrogens with zero attached hydrogens (tertiary/aromatic N) is 2. The van der Waals surface area contributed by atoms with Crippen LogP contribution in [0.3, 0.4) is 0 Å². The molecule has 8 aromatic carbocycles. The molecule has 2 aromatic heterocycles. The molecule has 2 heterocycles. The molecule has 0 fully saturated rings. The van der Waals surface area contributed by atoms with E-state index in [1.54, 1.807) is 0 Å². The van der Waals surface area contributed by atoms with Crippen LogP contribution in [0.2, 0.25) is 0 Å². The zero-order valence-corrected chi connectivity index (χ0v) is 31.1. The molecule has 1 aliphatic rings. The number of fused-ring (bicyclic) bond motifs is 7. The number of hydrogen-bond acceptors (Lipinski definition) is 3. The van der Waals surface area contributed by atoms with Crippen LogP contribution in [0.15, 0.2) is 186 Å². The van der Waals surface area contributed by atoms with E-state index < -0.39 is 0 Å². The van der Waals surface area contributed by atoms with E-state index in [1.165, 1.54) is 44.2 Å². The third-order valence-corrected chi connectivity index (χ3v) is 11.7. The van der Waals surface area contributed by atoms with Crippen molar-refractivity contribution in [1.82, 2.24) is 9.97 Å². The standard InChI is InChI=1S/C53H36N2O/c1-53(2)45-20-11-17-40(50(45)44-30-38-14-6-7-15-39(38)31-46(44)53)33-22-26-35(27-23-33)47-32-48(55-52(54-47)37-12-4-3-5-13-37)36-28-24-34(25-29-36)41-18-10-19-43-42-16-8-9-21-49(42)56-51(41)43/h3-32H,1-2H3. The molecule has 0 radical (unpaired) electrons. The molecule has 0 N–H and O–H groups in total. The van der Waals surface area contributed by atoms with E-state index in [4.69, 9.17) is 14.4 Å². The Morgan fingerprint density at radius 1 is 0.411 bits per heavy atom. The van der Waals surface area contributed by atoms with Gasteiger partial charge in [-0.1, -0.05) is 172 Å². The summed E-state index contributed by atoms with van der Waals surface area (Å²) in [5.41, 5.74) is 16.6. The van der Waals surface area contributed by atoms with Crippen molar-refractivity contribution in [2.24, 2.45) is 0 Å². The van der Waals surface area contributed by atoms with Crippen molar-refractivity contribution in [2.75, 3.05) is 0 Å². The first kappa shape index (κ1) is 32.3. The van der Waals surface area contributed by atoms with Crippen LogP contribution in [0.25, 0.3) is 100.0 Å². The van der Waals surface area contributed by atoms with Crippen LogP contribution in [0, 0.1) is 0 Å². The molecule has 10 aromatic rings. The second-order valence-electron chi connectivity index (χ2n) is 15.4. The molecule has 0 bridgehead atoms.